The van der Waals surface area contributed by atoms with Crippen molar-refractivity contribution in [3.63, 3.8) is 0 Å². The molecular weight excluding hydrogens is 296 g/mol. The third-order valence-electron chi connectivity index (χ3n) is 3.73. The monoisotopic (exact) mass is 316 g/mol. The first-order valence-corrected chi connectivity index (χ1v) is 8.50. The number of nitrogens with zero attached hydrogens (tertiary/aromatic N) is 3. The summed E-state index contributed by atoms with van der Waals surface area (Å²) >= 11 is 1.45. The number of piperidine rings is 1. The summed E-state index contributed by atoms with van der Waals surface area (Å²) in [5.41, 5.74) is 1.20. The number of nitrogens with one attached hydrogen (secondary N) is 1. The second kappa shape index (κ2) is 7.47. The van der Waals surface area contributed by atoms with Gasteiger partial charge in [-0.05, 0) is 31.5 Å². The first kappa shape index (κ1) is 15.1. The van der Waals surface area contributed by atoms with Crippen molar-refractivity contribution < 1.29 is 4.79 Å². The van der Waals surface area contributed by atoms with E-state index in [0.717, 1.165) is 24.5 Å². The zero-order valence-electron chi connectivity index (χ0n) is 12.5. The summed E-state index contributed by atoms with van der Waals surface area (Å²) in [5, 5.41) is 12.6. The maximum atomic E-state index is 12.0. The molecule has 116 valence electrons. The van der Waals surface area contributed by atoms with E-state index >= 15 is 0 Å². The van der Waals surface area contributed by atoms with E-state index in [9.17, 15) is 4.79 Å². The minimum absolute atomic E-state index is 0.00399. The molecule has 2 heterocycles. The summed E-state index contributed by atoms with van der Waals surface area (Å²) in [6, 6.07) is 10.2. The van der Waals surface area contributed by atoms with E-state index in [1.54, 1.807) is 0 Å². The molecule has 2 aromatic rings. The van der Waals surface area contributed by atoms with Crippen molar-refractivity contribution in [1.29, 1.82) is 0 Å². The summed E-state index contributed by atoms with van der Waals surface area (Å²) < 4.78 is 0. The summed E-state index contributed by atoms with van der Waals surface area (Å²) in [6.07, 6.45) is 4.40. The zero-order chi connectivity index (χ0) is 15.2. The number of hydrogen-bond donors (Lipinski definition) is 1. The van der Waals surface area contributed by atoms with E-state index in [4.69, 9.17) is 0 Å². The van der Waals surface area contributed by atoms with Crippen LogP contribution in [-0.2, 0) is 11.2 Å². The summed E-state index contributed by atoms with van der Waals surface area (Å²) in [6.45, 7) is 2.49. The second-order valence-corrected chi connectivity index (χ2v) is 6.61. The fourth-order valence-electron chi connectivity index (χ4n) is 2.63. The van der Waals surface area contributed by atoms with Crippen molar-refractivity contribution in [2.45, 2.75) is 25.7 Å². The van der Waals surface area contributed by atoms with Gasteiger partial charge in [0.1, 0.15) is 5.01 Å². The van der Waals surface area contributed by atoms with Crippen LogP contribution in [0.4, 0.5) is 5.13 Å². The van der Waals surface area contributed by atoms with Crippen LogP contribution >= 0.6 is 11.3 Å². The van der Waals surface area contributed by atoms with Gasteiger partial charge < -0.3 is 0 Å². The third-order valence-corrected chi connectivity index (χ3v) is 4.57. The maximum absolute atomic E-state index is 12.0. The highest BCUT2D eigenvalue weighted by molar-refractivity contribution is 7.15. The first-order chi connectivity index (χ1) is 10.8. The van der Waals surface area contributed by atoms with E-state index in [1.165, 1.54) is 36.2 Å². The standard InChI is InChI=1S/C16H20N4OS/c21-14(12-20-9-5-2-6-10-20)17-16-19-18-15(22-16)11-13-7-3-1-4-8-13/h1,3-4,7-8H,2,5-6,9-12H2,(H,17,19,21). The Morgan fingerprint density at radius 2 is 1.91 bits per heavy atom. The van der Waals surface area contributed by atoms with Gasteiger partial charge in [0.05, 0.1) is 6.54 Å². The smallest absolute Gasteiger partial charge is 0.240 e. The van der Waals surface area contributed by atoms with Gasteiger partial charge in [0.25, 0.3) is 0 Å². The van der Waals surface area contributed by atoms with Crippen molar-refractivity contribution in [2.24, 2.45) is 0 Å². The Morgan fingerprint density at radius 3 is 2.68 bits per heavy atom. The van der Waals surface area contributed by atoms with Crippen LogP contribution in [0.25, 0.3) is 0 Å². The van der Waals surface area contributed by atoms with Gasteiger partial charge >= 0.3 is 0 Å². The Labute approximate surface area is 134 Å². The lowest BCUT2D eigenvalue weighted by atomic mass is 10.1. The van der Waals surface area contributed by atoms with Crippen LogP contribution in [0.3, 0.4) is 0 Å². The molecule has 0 atom stereocenters. The van der Waals surface area contributed by atoms with Crippen LogP contribution < -0.4 is 5.32 Å². The molecule has 6 heteroatoms. The number of rotatable bonds is 5. The molecule has 1 amide bonds. The number of carbonyl (C=O) groups is 1. The minimum atomic E-state index is 0.00399. The number of carbonyl (C=O) groups excluding carboxylic acids is 1. The van der Waals surface area contributed by atoms with Crippen LogP contribution in [0.5, 0.6) is 0 Å². The largest absolute Gasteiger partial charge is 0.299 e. The average Bonchev–Trinajstić information content (AvgIpc) is 2.96. The Kier molecular flexibility index (Phi) is 5.13. The number of likely N-dealkylation sites (tertiary alicyclic amines) is 1. The molecule has 3 rings (SSSR count). The Balaban J connectivity index is 1.51. The molecule has 1 aliphatic heterocycles. The highest BCUT2D eigenvalue weighted by Crippen LogP contribution is 2.18. The van der Waals surface area contributed by atoms with Gasteiger partial charge in [0.15, 0.2) is 0 Å². The molecule has 1 aliphatic rings. The van der Waals surface area contributed by atoms with E-state index in [1.807, 2.05) is 18.2 Å². The van der Waals surface area contributed by atoms with Crippen molar-refractivity contribution in [3.05, 3.63) is 40.9 Å². The lowest BCUT2D eigenvalue weighted by molar-refractivity contribution is -0.117. The highest BCUT2D eigenvalue weighted by Gasteiger charge is 2.15. The molecule has 0 spiro atoms. The molecule has 0 aliphatic carbocycles. The normalized spacial score (nSPS) is 15.6. The number of anilines is 1. The van der Waals surface area contributed by atoms with Crippen LogP contribution in [0.2, 0.25) is 0 Å². The molecule has 5 nitrogen and oxygen atoms in total. The minimum Gasteiger partial charge on any atom is -0.299 e. The van der Waals surface area contributed by atoms with Crippen molar-refractivity contribution in [3.8, 4) is 0 Å². The SMILES string of the molecule is O=C(CN1CCCCC1)Nc1nnc(Cc2ccccc2)s1. The molecule has 0 radical (unpaired) electrons. The molecule has 0 bridgehead atoms. The molecule has 22 heavy (non-hydrogen) atoms. The van der Waals surface area contributed by atoms with E-state index < -0.39 is 0 Å². The topological polar surface area (TPSA) is 58.1 Å². The molecule has 1 fully saturated rings. The quantitative estimate of drug-likeness (QED) is 0.921. The lowest BCUT2D eigenvalue weighted by Crippen LogP contribution is -2.36. The van der Waals surface area contributed by atoms with Gasteiger partial charge in [-0.25, -0.2) is 0 Å². The van der Waals surface area contributed by atoms with Gasteiger partial charge in [-0.2, -0.15) is 0 Å². The Hall–Kier alpha value is -1.79. The highest BCUT2D eigenvalue weighted by atomic mass is 32.1. The van der Waals surface area contributed by atoms with Gasteiger partial charge in [-0.3, -0.25) is 15.0 Å². The molecule has 1 aromatic heterocycles. The van der Waals surface area contributed by atoms with E-state index in [-0.39, 0.29) is 5.91 Å². The third kappa shape index (κ3) is 4.35. The number of amides is 1. The average molecular weight is 316 g/mol. The Morgan fingerprint density at radius 1 is 1.14 bits per heavy atom. The summed E-state index contributed by atoms with van der Waals surface area (Å²) in [5.74, 6) is 0.00399. The van der Waals surface area contributed by atoms with Gasteiger partial charge in [-0.15, -0.1) is 10.2 Å². The van der Waals surface area contributed by atoms with Gasteiger partial charge in [-0.1, -0.05) is 48.1 Å². The summed E-state index contributed by atoms with van der Waals surface area (Å²) in [4.78, 5) is 14.2. The van der Waals surface area contributed by atoms with Crippen molar-refractivity contribution in [1.82, 2.24) is 15.1 Å². The van der Waals surface area contributed by atoms with Crippen molar-refractivity contribution in [2.75, 3.05) is 25.0 Å². The Bertz CT molecular complexity index is 608. The fourth-order valence-corrected chi connectivity index (χ4v) is 3.42. The molecular formula is C16H20N4OS. The van der Waals surface area contributed by atoms with Crippen LogP contribution in [0.15, 0.2) is 30.3 Å². The van der Waals surface area contributed by atoms with Gasteiger partial charge in [0, 0.05) is 6.42 Å². The zero-order valence-corrected chi connectivity index (χ0v) is 13.3. The lowest BCUT2D eigenvalue weighted by Gasteiger charge is -2.25. The van der Waals surface area contributed by atoms with E-state index in [0.29, 0.717) is 11.7 Å². The predicted molar refractivity (Wildman–Crippen MR) is 88.1 cm³/mol. The molecule has 1 N–H and O–H groups in total. The number of hydrogen-bond acceptors (Lipinski definition) is 5. The number of aromatic nitrogens is 2. The maximum Gasteiger partial charge on any atom is 0.240 e. The van der Waals surface area contributed by atoms with Crippen molar-refractivity contribution >= 4 is 22.4 Å². The molecule has 0 unspecified atom stereocenters. The first-order valence-electron chi connectivity index (χ1n) is 7.68. The van der Waals surface area contributed by atoms with E-state index in [2.05, 4.69) is 32.5 Å². The van der Waals surface area contributed by atoms with Crippen LogP contribution in [0.1, 0.15) is 29.8 Å². The number of benzene rings is 1. The molecule has 0 saturated carbocycles. The fraction of sp³-hybridized carbons (Fsp3) is 0.438. The summed E-state index contributed by atoms with van der Waals surface area (Å²) in [7, 11) is 0. The van der Waals surface area contributed by atoms with Crippen LogP contribution in [0, 0.1) is 0 Å². The second-order valence-electron chi connectivity index (χ2n) is 5.55. The predicted octanol–water partition coefficient (Wildman–Crippen LogP) is 2.55. The molecule has 1 aromatic carbocycles. The van der Waals surface area contributed by atoms with Crippen LogP contribution in [-0.4, -0.2) is 40.6 Å². The molecule has 1 saturated heterocycles. The van der Waals surface area contributed by atoms with Gasteiger partial charge in [0.2, 0.25) is 11.0 Å².